The molecule has 1 aliphatic rings. The highest BCUT2D eigenvalue weighted by molar-refractivity contribution is 7.90. The van der Waals surface area contributed by atoms with Gasteiger partial charge in [-0.1, -0.05) is 40.9 Å². The van der Waals surface area contributed by atoms with E-state index >= 15 is 0 Å². The molecular formula is C15H12Cl2N2O3S. The van der Waals surface area contributed by atoms with E-state index in [1.165, 1.54) is 31.2 Å². The molecule has 0 heterocycles. The minimum absolute atomic E-state index is 0.00337. The third-order valence-corrected chi connectivity index (χ3v) is 4.78. The van der Waals surface area contributed by atoms with Crippen molar-refractivity contribution in [1.29, 1.82) is 0 Å². The molecule has 0 aromatic heterocycles. The fourth-order valence-electron chi connectivity index (χ4n) is 1.76. The van der Waals surface area contributed by atoms with Crippen LogP contribution < -0.4 is 0 Å². The van der Waals surface area contributed by atoms with Gasteiger partial charge < -0.3 is 0 Å². The van der Waals surface area contributed by atoms with Gasteiger partial charge in [-0.05, 0) is 38.1 Å². The lowest BCUT2D eigenvalue weighted by molar-refractivity contribution is -0.111. The number of hydrogen-bond acceptors (Lipinski definition) is 3. The summed E-state index contributed by atoms with van der Waals surface area (Å²) in [5.41, 5.74) is 1.19. The molecule has 23 heavy (non-hydrogen) atoms. The van der Waals surface area contributed by atoms with Gasteiger partial charge in [-0.15, -0.1) is 4.40 Å². The van der Waals surface area contributed by atoms with Gasteiger partial charge in [0.1, 0.15) is 5.84 Å². The normalized spacial score (nSPS) is 16.1. The van der Waals surface area contributed by atoms with Gasteiger partial charge in [0.05, 0.1) is 20.7 Å². The predicted octanol–water partition coefficient (Wildman–Crippen LogP) is 3.37. The number of amidine groups is 1. The van der Waals surface area contributed by atoms with Gasteiger partial charge in [0.25, 0.3) is 10.0 Å². The van der Waals surface area contributed by atoms with Crippen molar-refractivity contribution in [2.75, 3.05) is 0 Å². The van der Waals surface area contributed by atoms with Crippen LogP contribution in [0.5, 0.6) is 0 Å². The number of sulfonamides is 1. The minimum Gasteiger partial charge on any atom is -0.287 e. The molecule has 5 nitrogen and oxygen atoms in total. The first-order valence-corrected chi connectivity index (χ1v) is 8.65. The maximum atomic E-state index is 12.2. The zero-order chi connectivity index (χ0) is 17.2. The summed E-state index contributed by atoms with van der Waals surface area (Å²) in [7, 11) is -3.86. The van der Waals surface area contributed by atoms with Gasteiger partial charge in [0, 0.05) is 0 Å². The van der Waals surface area contributed by atoms with Crippen molar-refractivity contribution in [2.24, 2.45) is 9.39 Å². The zero-order valence-corrected chi connectivity index (χ0v) is 14.6. The number of aryl methyl sites for hydroxylation is 1. The number of carbonyl (C=O) groups excluding carboxylic acids is 1. The standard InChI is InChI=1S/C15H12Cl2N2O3S/c1-9-3-5-12(6-4-9)23(21,22)19-10(2)18-11-7-13(16)15(20)14(17)8-11/h3-8H,1-2H3/b19-10-. The molecule has 0 bridgehead atoms. The minimum atomic E-state index is -3.86. The summed E-state index contributed by atoms with van der Waals surface area (Å²) in [6, 6.07) is 6.31. The van der Waals surface area contributed by atoms with E-state index in [4.69, 9.17) is 23.2 Å². The summed E-state index contributed by atoms with van der Waals surface area (Å²) in [5.74, 6) is -0.509. The molecule has 8 heteroatoms. The largest absolute Gasteiger partial charge is 0.287 e. The summed E-state index contributed by atoms with van der Waals surface area (Å²) in [6.45, 7) is 3.28. The van der Waals surface area contributed by atoms with Crippen LogP contribution in [0.2, 0.25) is 0 Å². The third-order valence-electron chi connectivity index (χ3n) is 2.85. The Morgan fingerprint density at radius 3 is 2.09 bits per heavy atom. The van der Waals surface area contributed by atoms with E-state index in [-0.39, 0.29) is 26.5 Å². The van der Waals surface area contributed by atoms with E-state index < -0.39 is 15.8 Å². The summed E-state index contributed by atoms with van der Waals surface area (Å²) < 4.78 is 28.0. The molecule has 120 valence electrons. The van der Waals surface area contributed by atoms with E-state index in [0.717, 1.165) is 5.56 Å². The maximum Gasteiger partial charge on any atom is 0.283 e. The fourth-order valence-corrected chi connectivity index (χ4v) is 3.20. The molecule has 0 radical (unpaired) electrons. The molecule has 0 N–H and O–H groups in total. The van der Waals surface area contributed by atoms with Gasteiger partial charge in [0.2, 0.25) is 5.78 Å². The highest BCUT2D eigenvalue weighted by Crippen LogP contribution is 2.20. The third kappa shape index (κ3) is 4.37. The van der Waals surface area contributed by atoms with Crippen LogP contribution in [0.3, 0.4) is 0 Å². The van der Waals surface area contributed by atoms with Gasteiger partial charge >= 0.3 is 0 Å². The van der Waals surface area contributed by atoms with Crippen molar-refractivity contribution < 1.29 is 13.2 Å². The Morgan fingerprint density at radius 1 is 1.04 bits per heavy atom. The number of hydrogen-bond donors (Lipinski definition) is 0. The SMILES string of the molecule is C/C(N=C1C=C(Cl)C(=O)C(Cl)=C1)=N/S(=O)(=O)c1ccc(C)cc1. The Hall–Kier alpha value is -1.76. The predicted molar refractivity (Wildman–Crippen MR) is 91.8 cm³/mol. The molecule has 0 spiro atoms. The summed E-state index contributed by atoms with van der Waals surface area (Å²) in [5, 5.41) is -0.184. The first-order valence-electron chi connectivity index (χ1n) is 6.45. The second kappa shape index (κ2) is 6.78. The van der Waals surface area contributed by atoms with Crippen LogP contribution in [0.4, 0.5) is 0 Å². The van der Waals surface area contributed by atoms with Crippen LogP contribution >= 0.6 is 23.2 Å². The Balaban J connectivity index is 2.35. The van der Waals surface area contributed by atoms with Crippen molar-refractivity contribution in [2.45, 2.75) is 18.7 Å². The molecule has 0 saturated heterocycles. The molecule has 2 rings (SSSR count). The number of aliphatic imine (C=N–C) groups is 1. The second-order valence-corrected chi connectivity index (χ2v) is 7.20. The van der Waals surface area contributed by atoms with Gasteiger partial charge in [-0.2, -0.15) is 8.42 Å². The first-order chi connectivity index (χ1) is 10.7. The number of rotatable bonds is 2. The number of halogens is 2. The van der Waals surface area contributed by atoms with Crippen LogP contribution in [-0.4, -0.2) is 25.7 Å². The van der Waals surface area contributed by atoms with Gasteiger partial charge in [0.15, 0.2) is 0 Å². The molecule has 0 unspecified atom stereocenters. The Labute approximate surface area is 144 Å². The van der Waals surface area contributed by atoms with E-state index in [9.17, 15) is 13.2 Å². The van der Waals surface area contributed by atoms with E-state index in [1.54, 1.807) is 12.1 Å². The molecule has 1 aliphatic carbocycles. The first kappa shape index (κ1) is 17.6. The topological polar surface area (TPSA) is 75.9 Å². The lowest BCUT2D eigenvalue weighted by Gasteiger charge is -2.05. The van der Waals surface area contributed by atoms with Crippen LogP contribution in [0.15, 0.2) is 60.8 Å². The molecule has 0 saturated carbocycles. The Morgan fingerprint density at radius 2 is 1.57 bits per heavy atom. The zero-order valence-electron chi connectivity index (χ0n) is 12.2. The van der Waals surface area contributed by atoms with Gasteiger partial charge in [-0.25, -0.2) is 4.99 Å². The Kier molecular flexibility index (Phi) is 5.19. The molecule has 1 aromatic rings. The number of Topliss-reactive ketones (excluding diaryl/α,β-unsaturated/α-hetero) is 1. The smallest absolute Gasteiger partial charge is 0.283 e. The van der Waals surface area contributed by atoms with Crippen molar-refractivity contribution in [1.82, 2.24) is 0 Å². The molecule has 0 atom stereocenters. The fraction of sp³-hybridized carbons (Fsp3) is 0.133. The number of allylic oxidation sites excluding steroid dienone is 4. The summed E-state index contributed by atoms with van der Waals surface area (Å²) in [4.78, 5) is 15.5. The quantitative estimate of drug-likeness (QED) is 0.454. The van der Waals surface area contributed by atoms with Crippen molar-refractivity contribution >= 4 is 50.6 Å². The van der Waals surface area contributed by atoms with Crippen LogP contribution in [0.1, 0.15) is 12.5 Å². The Bertz CT molecular complexity index is 856. The van der Waals surface area contributed by atoms with Gasteiger partial charge in [-0.3, -0.25) is 4.79 Å². The van der Waals surface area contributed by atoms with Crippen molar-refractivity contribution in [3.63, 3.8) is 0 Å². The lowest BCUT2D eigenvalue weighted by Crippen LogP contribution is -2.09. The van der Waals surface area contributed by atoms with Crippen molar-refractivity contribution in [3.05, 3.63) is 52.0 Å². The second-order valence-electron chi connectivity index (χ2n) is 4.78. The van der Waals surface area contributed by atoms with Crippen LogP contribution in [-0.2, 0) is 14.8 Å². The highest BCUT2D eigenvalue weighted by atomic mass is 35.5. The van der Waals surface area contributed by atoms with E-state index in [0.29, 0.717) is 0 Å². The molecule has 0 aliphatic heterocycles. The van der Waals surface area contributed by atoms with E-state index in [1.807, 2.05) is 6.92 Å². The molecule has 0 fully saturated rings. The van der Waals surface area contributed by atoms with Crippen molar-refractivity contribution in [3.8, 4) is 0 Å². The lowest BCUT2D eigenvalue weighted by atomic mass is 10.1. The van der Waals surface area contributed by atoms with Crippen LogP contribution in [0, 0.1) is 6.92 Å². The summed E-state index contributed by atoms with van der Waals surface area (Å²) >= 11 is 11.5. The monoisotopic (exact) mass is 370 g/mol. The molecular weight excluding hydrogens is 359 g/mol. The molecule has 0 amide bonds. The number of ketones is 1. The van der Waals surface area contributed by atoms with Crippen LogP contribution in [0.25, 0.3) is 0 Å². The summed E-state index contributed by atoms with van der Waals surface area (Å²) in [6.07, 6.45) is 2.60. The number of benzene rings is 1. The maximum absolute atomic E-state index is 12.2. The molecule has 1 aromatic carbocycles. The highest BCUT2D eigenvalue weighted by Gasteiger charge is 2.18. The van der Waals surface area contributed by atoms with E-state index in [2.05, 4.69) is 9.39 Å². The average molecular weight is 371 g/mol. The average Bonchev–Trinajstić information content (AvgIpc) is 2.44. The number of carbonyl (C=O) groups is 1. The number of nitrogens with zero attached hydrogens (tertiary/aromatic N) is 2.